The van der Waals surface area contributed by atoms with Crippen LogP contribution in [0.25, 0.3) is 0 Å². The van der Waals surface area contributed by atoms with Gasteiger partial charge in [0.2, 0.25) is 10.0 Å². The highest BCUT2D eigenvalue weighted by molar-refractivity contribution is 7.89. The standard InChI is InChI=1S/C12H13NO5S/c1-4-8(3)13-19(17,18)11-6-9(12(15)16)10(14)5-7(11)2/h1,5-6,8,13-14H,2-3H3,(H,15,16). The largest absolute Gasteiger partial charge is 0.507 e. The summed E-state index contributed by atoms with van der Waals surface area (Å²) in [5, 5.41) is 18.3. The van der Waals surface area contributed by atoms with Crippen molar-refractivity contribution in [3.05, 3.63) is 23.3 Å². The molecule has 3 N–H and O–H groups in total. The summed E-state index contributed by atoms with van der Waals surface area (Å²) in [5.74, 6) is 0.294. The van der Waals surface area contributed by atoms with E-state index in [9.17, 15) is 18.3 Å². The lowest BCUT2D eigenvalue weighted by Crippen LogP contribution is -2.32. The Hall–Kier alpha value is -2.04. The highest BCUT2D eigenvalue weighted by Crippen LogP contribution is 2.25. The van der Waals surface area contributed by atoms with Gasteiger partial charge in [-0.15, -0.1) is 6.42 Å². The molecule has 0 aliphatic carbocycles. The number of nitrogens with one attached hydrogen (secondary N) is 1. The zero-order valence-corrected chi connectivity index (χ0v) is 11.2. The lowest BCUT2D eigenvalue weighted by Gasteiger charge is -2.12. The number of rotatable bonds is 4. The van der Waals surface area contributed by atoms with E-state index in [0.717, 1.165) is 12.1 Å². The van der Waals surface area contributed by atoms with Crippen molar-refractivity contribution in [3.63, 3.8) is 0 Å². The molecule has 6 nitrogen and oxygen atoms in total. The molecule has 0 saturated heterocycles. The summed E-state index contributed by atoms with van der Waals surface area (Å²) < 4.78 is 26.3. The van der Waals surface area contributed by atoms with Crippen molar-refractivity contribution >= 4 is 16.0 Å². The molecule has 1 aromatic carbocycles. The molecule has 102 valence electrons. The molecular weight excluding hydrogens is 270 g/mol. The number of benzene rings is 1. The van der Waals surface area contributed by atoms with Crippen LogP contribution < -0.4 is 4.72 Å². The fourth-order valence-corrected chi connectivity index (χ4v) is 2.88. The number of phenols is 1. The summed E-state index contributed by atoms with van der Waals surface area (Å²) >= 11 is 0. The fourth-order valence-electron chi connectivity index (χ4n) is 1.46. The number of carboxylic acid groups (broad SMARTS) is 1. The van der Waals surface area contributed by atoms with E-state index >= 15 is 0 Å². The second-order valence-electron chi connectivity index (χ2n) is 3.95. The molecule has 0 heterocycles. The number of carbonyl (C=O) groups is 1. The molecule has 7 heteroatoms. The zero-order valence-electron chi connectivity index (χ0n) is 10.3. The van der Waals surface area contributed by atoms with Gasteiger partial charge in [0.25, 0.3) is 0 Å². The average Bonchev–Trinajstić information content (AvgIpc) is 2.27. The van der Waals surface area contributed by atoms with E-state index in [1.165, 1.54) is 13.8 Å². The summed E-state index contributed by atoms with van der Waals surface area (Å²) in [7, 11) is -3.94. The van der Waals surface area contributed by atoms with Crippen molar-refractivity contribution in [3.8, 4) is 18.1 Å². The third kappa shape index (κ3) is 3.24. The predicted molar refractivity (Wildman–Crippen MR) is 68.4 cm³/mol. The highest BCUT2D eigenvalue weighted by Gasteiger charge is 2.22. The first-order valence-corrected chi connectivity index (χ1v) is 6.72. The molecule has 0 radical (unpaired) electrons. The van der Waals surface area contributed by atoms with Crippen LogP contribution in [0, 0.1) is 19.3 Å². The Morgan fingerprint density at radius 1 is 1.47 bits per heavy atom. The summed E-state index contributed by atoms with van der Waals surface area (Å²) in [6.45, 7) is 2.92. The number of aromatic hydroxyl groups is 1. The van der Waals surface area contributed by atoms with Gasteiger partial charge in [-0.2, -0.15) is 4.72 Å². The van der Waals surface area contributed by atoms with Crippen molar-refractivity contribution in [2.45, 2.75) is 24.8 Å². The van der Waals surface area contributed by atoms with E-state index in [4.69, 9.17) is 11.5 Å². The van der Waals surface area contributed by atoms with E-state index in [0.29, 0.717) is 0 Å². The van der Waals surface area contributed by atoms with Gasteiger partial charge >= 0.3 is 5.97 Å². The van der Waals surface area contributed by atoms with Crippen molar-refractivity contribution in [1.29, 1.82) is 0 Å². The molecule has 1 aromatic rings. The number of sulfonamides is 1. The third-order valence-electron chi connectivity index (χ3n) is 2.40. The van der Waals surface area contributed by atoms with Crippen LogP contribution in [0.15, 0.2) is 17.0 Å². The summed E-state index contributed by atoms with van der Waals surface area (Å²) in [5.41, 5.74) is -0.265. The van der Waals surface area contributed by atoms with Crippen molar-refractivity contribution in [2.24, 2.45) is 0 Å². The lowest BCUT2D eigenvalue weighted by atomic mass is 10.1. The number of terminal acetylenes is 1. The molecule has 0 fully saturated rings. The quantitative estimate of drug-likeness (QED) is 0.706. The molecular formula is C12H13NO5S. The van der Waals surface area contributed by atoms with Gasteiger partial charge < -0.3 is 10.2 Å². The van der Waals surface area contributed by atoms with Crippen LogP contribution in [0.5, 0.6) is 5.75 Å². The van der Waals surface area contributed by atoms with Gasteiger partial charge in [0.1, 0.15) is 11.3 Å². The lowest BCUT2D eigenvalue weighted by molar-refractivity contribution is 0.0693. The van der Waals surface area contributed by atoms with E-state index in [1.807, 2.05) is 0 Å². The van der Waals surface area contributed by atoms with Gasteiger partial charge in [0.15, 0.2) is 0 Å². The van der Waals surface area contributed by atoms with Crippen molar-refractivity contribution in [1.82, 2.24) is 4.72 Å². The minimum atomic E-state index is -3.94. The minimum absolute atomic E-state index is 0.222. The first-order valence-electron chi connectivity index (χ1n) is 5.24. The van der Waals surface area contributed by atoms with Crippen LogP contribution in [0.2, 0.25) is 0 Å². The number of hydrogen-bond acceptors (Lipinski definition) is 4. The molecule has 19 heavy (non-hydrogen) atoms. The zero-order chi connectivity index (χ0) is 14.8. The van der Waals surface area contributed by atoms with Crippen LogP contribution in [-0.4, -0.2) is 30.6 Å². The molecule has 1 rings (SSSR count). The van der Waals surface area contributed by atoms with E-state index in [-0.39, 0.29) is 10.5 Å². The Morgan fingerprint density at radius 3 is 2.53 bits per heavy atom. The summed E-state index contributed by atoms with van der Waals surface area (Å²) in [6.07, 6.45) is 5.09. The molecule has 1 unspecified atom stereocenters. The molecule has 0 spiro atoms. The predicted octanol–water partition coefficient (Wildman–Crippen LogP) is 0.699. The molecule has 0 saturated carbocycles. The monoisotopic (exact) mass is 283 g/mol. The van der Waals surface area contributed by atoms with E-state index < -0.39 is 33.3 Å². The minimum Gasteiger partial charge on any atom is -0.507 e. The van der Waals surface area contributed by atoms with Gasteiger partial charge in [0, 0.05) is 0 Å². The van der Waals surface area contributed by atoms with Gasteiger partial charge in [-0.25, -0.2) is 13.2 Å². The average molecular weight is 283 g/mol. The fraction of sp³-hybridized carbons (Fsp3) is 0.250. The normalized spacial score (nSPS) is 12.7. The van der Waals surface area contributed by atoms with E-state index in [2.05, 4.69) is 10.6 Å². The summed E-state index contributed by atoms with van der Waals surface area (Å²) in [6, 6.07) is 1.25. The maximum atomic E-state index is 12.0. The Labute approximate surface area is 111 Å². The van der Waals surface area contributed by atoms with Gasteiger partial charge in [0.05, 0.1) is 10.9 Å². The van der Waals surface area contributed by atoms with Gasteiger partial charge in [-0.1, -0.05) is 5.92 Å². The number of carboxylic acids is 1. The van der Waals surface area contributed by atoms with Gasteiger partial charge in [-0.3, -0.25) is 0 Å². The topological polar surface area (TPSA) is 104 Å². The number of hydrogen-bond donors (Lipinski definition) is 3. The maximum Gasteiger partial charge on any atom is 0.339 e. The Kier molecular flexibility index (Phi) is 4.19. The molecule has 0 bridgehead atoms. The van der Waals surface area contributed by atoms with Crippen LogP contribution in [0.3, 0.4) is 0 Å². The second-order valence-corrected chi connectivity index (χ2v) is 5.63. The second kappa shape index (κ2) is 5.30. The SMILES string of the molecule is C#CC(C)NS(=O)(=O)c1cc(C(=O)O)c(O)cc1C. The number of aromatic carboxylic acids is 1. The third-order valence-corrected chi connectivity index (χ3v) is 4.08. The first kappa shape index (κ1) is 15.0. The Bertz CT molecular complexity index is 657. The first-order chi connectivity index (χ1) is 8.69. The Morgan fingerprint density at radius 2 is 2.05 bits per heavy atom. The number of aryl methyl sites for hydroxylation is 1. The van der Waals surface area contributed by atoms with Crippen LogP contribution in [-0.2, 0) is 10.0 Å². The van der Waals surface area contributed by atoms with Crippen LogP contribution in [0.1, 0.15) is 22.8 Å². The van der Waals surface area contributed by atoms with Gasteiger partial charge in [-0.05, 0) is 31.5 Å². The summed E-state index contributed by atoms with van der Waals surface area (Å²) in [4.78, 5) is 10.7. The molecule has 0 amide bonds. The molecule has 0 aliphatic rings. The molecule has 0 aromatic heterocycles. The maximum absolute atomic E-state index is 12.0. The smallest absolute Gasteiger partial charge is 0.339 e. The molecule has 1 atom stereocenters. The Balaban J connectivity index is 3.39. The van der Waals surface area contributed by atoms with E-state index in [1.54, 1.807) is 0 Å². The highest BCUT2D eigenvalue weighted by atomic mass is 32.2. The van der Waals surface area contributed by atoms with Crippen LogP contribution >= 0.6 is 0 Å². The molecule has 0 aliphatic heterocycles. The van der Waals surface area contributed by atoms with Crippen LogP contribution in [0.4, 0.5) is 0 Å². The van der Waals surface area contributed by atoms with Crippen molar-refractivity contribution < 1.29 is 23.4 Å². The van der Waals surface area contributed by atoms with Crippen molar-refractivity contribution in [2.75, 3.05) is 0 Å².